The number of nitrogens with zero attached hydrogens (tertiary/aromatic N) is 5. The number of benzene rings is 1. The Hall–Kier alpha value is -2.45. The fourth-order valence-electron chi connectivity index (χ4n) is 4.13. The Morgan fingerprint density at radius 1 is 1.10 bits per heavy atom. The minimum Gasteiger partial charge on any atom is -0.394 e. The summed E-state index contributed by atoms with van der Waals surface area (Å²) in [4.78, 5) is 27.4. The number of anilines is 2. The second kappa shape index (κ2) is 9.14. The lowest BCUT2D eigenvalue weighted by Crippen LogP contribution is -2.49. The van der Waals surface area contributed by atoms with Crippen molar-refractivity contribution >= 4 is 29.1 Å². The molecule has 4 rings (SSSR count). The lowest BCUT2D eigenvalue weighted by Gasteiger charge is -2.37. The summed E-state index contributed by atoms with van der Waals surface area (Å²) in [5.74, 6) is 0.689. The smallest absolute Gasteiger partial charge is 0.256 e. The monoisotopic (exact) mass is 433 g/mol. The molecule has 1 aromatic carbocycles. The molecule has 2 aliphatic heterocycles. The van der Waals surface area contributed by atoms with Crippen LogP contribution in [0.4, 0.5) is 16.0 Å². The highest BCUT2D eigenvalue weighted by Crippen LogP contribution is 2.26. The van der Waals surface area contributed by atoms with Crippen molar-refractivity contribution in [2.45, 2.75) is 25.3 Å². The quantitative estimate of drug-likeness (QED) is 0.799. The summed E-state index contributed by atoms with van der Waals surface area (Å²) in [6.07, 6.45) is 4.70. The van der Waals surface area contributed by atoms with Crippen molar-refractivity contribution in [2.75, 3.05) is 49.1 Å². The number of carbonyl (C=O) groups excluding carboxylic acids is 1. The van der Waals surface area contributed by atoms with E-state index in [0.29, 0.717) is 26.2 Å². The fourth-order valence-corrected chi connectivity index (χ4v) is 4.29. The number of piperazine rings is 1. The lowest BCUT2D eigenvalue weighted by molar-refractivity contribution is 0.0742. The van der Waals surface area contributed by atoms with Gasteiger partial charge in [-0.1, -0.05) is 11.6 Å². The normalized spacial score (nSPS) is 19.8. The average Bonchev–Trinajstić information content (AvgIpc) is 2.79. The number of carbonyl (C=O) groups is 1. The first-order valence-electron chi connectivity index (χ1n) is 10.3. The molecule has 0 saturated carbocycles. The molecule has 3 heterocycles. The van der Waals surface area contributed by atoms with Gasteiger partial charge in [0.15, 0.2) is 0 Å². The van der Waals surface area contributed by atoms with Gasteiger partial charge in [-0.25, -0.2) is 14.4 Å². The maximum atomic E-state index is 14.1. The molecule has 1 atom stereocenters. The van der Waals surface area contributed by atoms with E-state index in [0.717, 1.165) is 43.5 Å². The second-order valence-electron chi connectivity index (χ2n) is 7.66. The molecule has 0 aliphatic carbocycles. The summed E-state index contributed by atoms with van der Waals surface area (Å²) < 4.78 is 14.1. The fraction of sp³-hybridized carbons (Fsp3) is 0.476. The highest BCUT2D eigenvalue weighted by molar-refractivity contribution is 6.30. The molecule has 9 heteroatoms. The van der Waals surface area contributed by atoms with Crippen molar-refractivity contribution in [1.82, 2.24) is 14.9 Å². The Balaban J connectivity index is 1.42. The summed E-state index contributed by atoms with van der Waals surface area (Å²) in [5, 5.41) is 9.95. The molecule has 1 N–H and O–H groups in total. The van der Waals surface area contributed by atoms with Gasteiger partial charge in [0.25, 0.3) is 5.91 Å². The van der Waals surface area contributed by atoms with E-state index in [1.807, 2.05) is 6.07 Å². The average molecular weight is 434 g/mol. The first-order chi connectivity index (χ1) is 14.6. The summed E-state index contributed by atoms with van der Waals surface area (Å²) in [5.41, 5.74) is 0.0392. The maximum Gasteiger partial charge on any atom is 0.256 e. The summed E-state index contributed by atoms with van der Waals surface area (Å²) >= 11 is 5.78. The van der Waals surface area contributed by atoms with Crippen LogP contribution in [0.2, 0.25) is 5.02 Å². The van der Waals surface area contributed by atoms with Crippen molar-refractivity contribution in [1.29, 1.82) is 0 Å². The number of aliphatic hydroxyl groups excluding tert-OH is 1. The van der Waals surface area contributed by atoms with Crippen LogP contribution in [0.1, 0.15) is 29.6 Å². The van der Waals surface area contributed by atoms with Gasteiger partial charge in [-0.15, -0.1) is 0 Å². The molecule has 160 valence electrons. The Morgan fingerprint density at radius 3 is 2.60 bits per heavy atom. The van der Waals surface area contributed by atoms with Gasteiger partial charge in [0.2, 0.25) is 0 Å². The van der Waals surface area contributed by atoms with Gasteiger partial charge in [-0.2, -0.15) is 0 Å². The van der Waals surface area contributed by atoms with Crippen LogP contribution >= 0.6 is 11.6 Å². The number of hydrogen-bond acceptors (Lipinski definition) is 6. The third kappa shape index (κ3) is 4.34. The molecule has 30 heavy (non-hydrogen) atoms. The van der Waals surface area contributed by atoms with E-state index >= 15 is 0 Å². The van der Waals surface area contributed by atoms with Crippen LogP contribution in [0.3, 0.4) is 0 Å². The van der Waals surface area contributed by atoms with E-state index in [9.17, 15) is 14.3 Å². The van der Waals surface area contributed by atoms with E-state index in [4.69, 9.17) is 11.6 Å². The third-order valence-electron chi connectivity index (χ3n) is 5.82. The topological polar surface area (TPSA) is 72.8 Å². The van der Waals surface area contributed by atoms with Gasteiger partial charge in [0.05, 0.1) is 18.2 Å². The molecule has 7 nitrogen and oxygen atoms in total. The standard InChI is InChI=1S/C21H25ClFN5O2/c22-15-4-5-17(18(23)11-15)21(30)27-9-7-26(8-10-27)19-12-20(25-14-24-19)28-6-2-1-3-16(28)13-29/h4-5,11-12,14,16,29H,1-3,6-10,13H2. The number of aromatic nitrogens is 2. The molecule has 0 spiro atoms. The zero-order valence-electron chi connectivity index (χ0n) is 16.7. The molecule has 1 unspecified atom stereocenters. The molecule has 1 aromatic heterocycles. The van der Waals surface area contributed by atoms with E-state index in [-0.39, 0.29) is 29.1 Å². The Bertz CT molecular complexity index is 907. The Kier molecular flexibility index (Phi) is 6.34. The van der Waals surface area contributed by atoms with Crippen LogP contribution in [0, 0.1) is 5.82 Å². The van der Waals surface area contributed by atoms with Crippen molar-refractivity contribution < 1.29 is 14.3 Å². The van der Waals surface area contributed by atoms with Crippen molar-refractivity contribution in [3.63, 3.8) is 0 Å². The largest absolute Gasteiger partial charge is 0.394 e. The Morgan fingerprint density at radius 2 is 1.87 bits per heavy atom. The summed E-state index contributed by atoms with van der Waals surface area (Å²) in [6, 6.07) is 6.15. The minimum absolute atomic E-state index is 0.0392. The highest BCUT2D eigenvalue weighted by Gasteiger charge is 2.27. The van der Waals surface area contributed by atoms with Crippen LogP contribution in [-0.4, -0.2) is 71.3 Å². The number of amides is 1. The number of piperidine rings is 1. The van der Waals surface area contributed by atoms with Crippen LogP contribution < -0.4 is 9.80 Å². The molecular formula is C21H25ClFN5O2. The molecule has 2 aromatic rings. The molecule has 2 fully saturated rings. The Labute approximate surface area is 180 Å². The van der Waals surface area contributed by atoms with Gasteiger partial charge >= 0.3 is 0 Å². The SMILES string of the molecule is O=C(c1ccc(Cl)cc1F)N1CCN(c2cc(N3CCCCC3CO)ncn2)CC1. The van der Waals surface area contributed by atoms with Gasteiger partial charge in [-0.05, 0) is 37.5 Å². The first-order valence-corrected chi connectivity index (χ1v) is 10.6. The molecule has 2 aliphatic rings. The zero-order valence-corrected chi connectivity index (χ0v) is 17.4. The maximum absolute atomic E-state index is 14.1. The van der Waals surface area contributed by atoms with Gasteiger partial charge in [0, 0.05) is 43.8 Å². The van der Waals surface area contributed by atoms with Crippen LogP contribution in [-0.2, 0) is 0 Å². The van der Waals surface area contributed by atoms with E-state index in [2.05, 4.69) is 19.8 Å². The van der Waals surface area contributed by atoms with Gasteiger partial charge < -0.3 is 19.8 Å². The third-order valence-corrected chi connectivity index (χ3v) is 6.06. The van der Waals surface area contributed by atoms with Gasteiger partial charge in [0.1, 0.15) is 23.8 Å². The van der Waals surface area contributed by atoms with Crippen molar-refractivity contribution in [2.24, 2.45) is 0 Å². The minimum atomic E-state index is -0.602. The zero-order chi connectivity index (χ0) is 21.1. The number of aliphatic hydroxyl groups is 1. The first kappa shape index (κ1) is 20.8. The van der Waals surface area contributed by atoms with Crippen molar-refractivity contribution in [3.05, 3.63) is 47.0 Å². The predicted octanol–water partition coefficient (Wildman–Crippen LogP) is 2.58. The molecule has 2 saturated heterocycles. The molecular weight excluding hydrogens is 409 g/mol. The number of halogens is 2. The molecule has 0 radical (unpaired) electrons. The predicted molar refractivity (Wildman–Crippen MR) is 114 cm³/mol. The lowest BCUT2D eigenvalue weighted by atomic mass is 10.0. The number of rotatable bonds is 4. The number of hydrogen-bond donors (Lipinski definition) is 1. The second-order valence-corrected chi connectivity index (χ2v) is 8.10. The summed E-state index contributed by atoms with van der Waals surface area (Å²) in [6.45, 7) is 3.13. The molecule has 0 bridgehead atoms. The molecule has 1 amide bonds. The van der Waals surface area contributed by atoms with E-state index in [1.54, 1.807) is 11.2 Å². The van der Waals surface area contributed by atoms with Crippen LogP contribution in [0.15, 0.2) is 30.6 Å². The highest BCUT2D eigenvalue weighted by atomic mass is 35.5. The van der Waals surface area contributed by atoms with Crippen LogP contribution in [0.25, 0.3) is 0 Å². The van der Waals surface area contributed by atoms with Gasteiger partial charge in [-0.3, -0.25) is 4.79 Å². The van der Waals surface area contributed by atoms with Crippen LogP contribution in [0.5, 0.6) is 0 Å². The van der Waals surface area contributed by atoms with E-state index < -0.39 is 5.82 Å². The van der Waals surface area contributed by atoms with Crippen molar-refractivity contribution in [3.8, 4) is 0 Å². The van der Waals surface area contributed by atoms with E-state index in [1.165, 1.54) is 12.1 Å². The summed E-state index contributed by atoms with van der Waals surface area (Å²) in [7, 11) is 0.